The van der Waals surface area contributed by atoms with E-state index in [1.54, 1.807) is 6.26 Å². The molecular formula is C8H9NO2. The molecule has 0 bridgehead atoms. The van der Waals surface area contributed by atoms with Gasteiger partial charge >= 0.3 is 0 Å². The zero-order valence-corrected chi connectivity index (χ0v) is 6.08. The van der Waals surface area contributed by atoms with Crippen LogP contribution in [0.25, 0.3) is 0 Å². The van der Waals surface area contributed by atoms with Gasteiger partial charge in [0.25, 0.3) is 0 Å². The summed E-state index contributed by atoms with van der Waals surface area (Å²) in [5, 5.41) is 11.8. The molecular weight excluding hydrogens is 142 g/mol. The number of furan rings is 1. The molecule has 1 N–H and O–H groups in total. The molecule has 11 heavy (non-hydrogen) atoms. The van der Waals surface area contributed by atoms with Crippen LogP contribution in [0.4, 0.5) is 0 Å². The molecule has 0 saturated heterocycles. The second-order valence-corrected chi connectivity index (χ2v) is 2.66. The maximum Gasteiger partial charge on any atom is 0.112 e. The molecule has 3 heteroatoms. The number of fused-ring (bicyclic) bond motifs is 1. The van der Waals surface area contributed by atoms with Crippen molar-refractivity contribution in [3.05, 3.63) is 23.7 Å². The van der Waals surface area contributed by atoms with Crippen LogP contribution in [0.2, 0.25) is 0 Å². The Morgan fingerprint density at radius 1 is 1.45 bits per heavy atom. The smallest absolute Gasteiger partial charge is 0.112 e. The second-order valence-electron chi connectivity index (χ2n) is 2.66. The first-order chi connectivity index (χ1) is 5.42. The predicted octanol–water partition coefficient (Wildman–Crippen LogP) is 1.79. The Hall–Kier alpha value is -1.25. The van der Waals surface area contributed by atoms with Crippen molar-refractivity contribution >= 4 is 5.71 Å². The van der Waals surface area contributed by atoms with E-state index in [1.165, 1.54) is 0 Å². The Kier molecular flexibility index (Phi) is 1.42. The van der Waals surface area contributed by atoms with E-state index in [4.69, 9.17) is 9.62 Å². The van der Waals surface area contributed by atoms with Gasteiger partial charge in [-0.25, -0.2) is 0 Å². The van der Waals surface area contributed by atoms with Crippen molar-refractivity contribution in [3.8, 4) is 0 Å². The third-order valence-corrected chi connectivity index (χ3v) is 1.99. The number of oxime groups is 1. The Morgan fingerprint density at radius 2 is 2.36 bits per heavy atom. The van der Waals surface area contributed by atoms with Crippen molar-refractivity contribution in [3.63, 3.8) is 0 Å². The number of hydrogen-bond acceptors (Lipinski definition) is 3. The summed E-state index contributed by atoms with van der Waals surface area (Å²) in [5.41, 5.74) is 1.72. The normalized spacial score (nSPS) is 20.2. The van der Waals surface area contributed by atoms with Crippen LogP contribution in [-0.4, -0.2) is 10.9 Å². The molecule has 0 fully saturated rings. The highest BCUT2D eigenvalue weighted by atomic mass is 16.4. The minimum absolute atomic E-state index is 0.750. The predicted molar refractivity (Wildman–Crippen MR) is 40.0 cm³/mol. The summed E-state index contributed by atoms with van der Waals surface area (Å²) in [6.07, 6.45) is 4.46. The van der Waals surface area contributed by atoms with Gasteiger partial charge in [-0.1, -0.05) is 5.16 Å². The zero-order chi connectivity index (χ0) is 7.68. The summed E-state index contributed by atoms with van der Waals surface area (Å²) < 4.78 is 5.20. The minimum atomic E-state index is 0.750. The first-order valence-corrected chi connectivity index (χ1v) is 3.69. The van der Waals surface area contributed by atoms with E-state index >= 15 is 0 Å². The fourth-order valence-electron chi connectivity index (χ4n) is 1.45. The lowest BCUT2D eigenvalue weighted by Gasteiger charge is -2.09. The van der Waals surface area contributed by atoms with Gasteiger partial charge in [-0.15, -0.1) is 0 Å². The number of nitrogens with zero attached hydrogens (tertiary/aromatic N) is 1. The molecule has 1 aliphatic rings. The van der Waals surface area contributed by atoms with Gasteiger partial charge in [0.15, 0.2) is 0 Å². The first kappa shape index (κ1) is 6.46. The van der Waals surface area contributed by atoms with Gasteiger partial charge < -0.3 is 9.62 Å². The van der Waals surface area contributed by atoms with Gasteiger partial charge in [0.05, 0.1) is 12.0 Å². The van der Waals surface area contributed by atoms with Crippen molar-refractivity contribution in [1.82, 2.24) is 0 Å². The lowest BCUT2D eigenvalue weighted by atomic mass is 9.97. The van der Waals surface area contributed by atoms with Crippen LogP contribution in [0.15, 0.2) is 21.9 Å². The third-order valence-electron chi connectivity index (χ3n) is 1.99. The second kappa shape index (κ2) is 2.42. The standard InChI is InChI=1S/C8H9NO2/c10-9-7-2-1-3-8-6(7)4-5-11-8/h4-5,10H,1-3H2/b9-7+. The van der Waals surface area contributed by atoms with E-state index in [2.05, 4.69) is 5.16 Å². The molecule has 0 amide bonds. The van der Waals surface area contributed by atoms with Crippen LogP contribution in [0, 0.1) is 0 Å². The lowest BCUT2D eigenvalue weighted by molar-refractivity contribution is 0.317. The molecule has 58 valence electrons. The van der Waals surface area contributed by atoms with Gasteiger partial charge in [-0.3, -0.25) is 0 Å². The van der Waals surface area contributed by atoms with E-state index < -0.39 is 0 Å². The fraction of sp³-hybridized carbons (Fsp3) is 0.375. The minimum Gasteiger partial charge on any atom is -0.469 e. The van der Waals surface area contributed by atoms with Crippen molar-refractivity contribution in [2.75, 3.05) is 0 Å². The van der Waals surface area contributed by atoms with Crippen LogP contribution >= 0.6 is 0 Å². The number of rotatable bonds is 0. The molecule has 3 nitrogen and oxygen atoms in total. The summed E-state index contributed by atoms with van der Waals surface area (Å²) >= 11 is 0. The number of aryl methyl sites for hydroxylation is 1. The van der Waals surface area contributed by atoms with E-state index in [0.717, 1.165) is 36.3 Å². The van der Waals surface area contributed by atoms with Gasteiger partial charge in [-0.2, -0.15) is 0 Å². The quantitative estimate of drug-likeness (QED) is 0.454. The summed E-state index contributed by atoms with van der Waals surface area (Å²) in [5.74, 6) is 0.948. The Bertz CT molecular complexity index is 288. The molecule has 0 unspecified atom stereocenters. The van der Waals surface area contributed by atoms with Gasteiger partial charge in [0.1, 0.15) is 5.76 Å². The average Bonchev–Trinajstić information content (AvgIpc) is 2.50. The molecule has 0 aromatic carbocycles. The zero-order valence-electron chi connectivity index (χ0n) is 6.08. The number of hydrogen-bond donors (Lipinski definition) is 1. The molecule has 1 aromatic heterocycles. The van der Waals surface area contributed by atoms with Gasteiger partial charge in [-0.05, 0) is 18.9 Å². The molecule has 0 saturated carbocycles. The Balaban J connectivity index is 2.48. The molecule has 1 heterocycles. The average molecular weight is 151 g/mol. The lowest BCUT2D eigenvalue weighted by Crippen LogP contribution is -2.09. The van der Waals surface area contributed by atoms with Gasteiger partial charge in [0.2, 0.25) is 0 Å². The van der Waals surface area contributed by atoms with Crippen LogP contribution in [-0.2, 0) is 6.42 Å². The molecule has 2 rings (SSSR count). The molecule has 0 atom stereocenters. The maximum atomic E-state index is 8.60. The van der Waals surface area contributed by atoms with Crippen LogP contribution in [0.3, 0.4) is 0 Å². The van der Waals surface area contributed by atoms with E-state index in [0.29, 0.717) is 0 Å². The van der Waals surface area contributed by atoms with Gasteiger partial charge in [0, 0.05) is 12.0 Å². The third kappa shape index (κ3) is 0.926. The fourth-order valence-corrected chi connectivity index (χ4v) is 1.45. The van der Waals surface area contributed by atoms with Crippen LogP contribution in [0.1, 0.15) is 24.2 Å². The van der Waals surface area contributed by atoms with Crippen molar-refractivity contribution in [2.45, 2.75) is 19.3 Å². The summed E-state index contributed by atoms with van der Waals surface area (Å²) in [7, 11) is 0. The Morgan fingerprint density at radius 3 is 3.18 bits per heavy atom. The maximum absolute atomic E-state index is 8.60. The van der Waals surface area contributed by atoms with E-state index in [9.17, 15) is 0 Å². The van der Waals surface area contributed by atoms with Crippen molar-refractivity contribution in [1.29, 1.82) is 0 Å². The first-order valence-electron chi connectivity index (χ1n) is 3.69. The molecule has 1 aliphatic carbocycles. The highest BCUT2D eigenvalue weighted by Crippen LogP contribution is 2.22. The summed E-state index contributed by atoms with van der Waals surface area (Å²) in [6.45, 7) is 0. The molecule has 0 aliphatic heterocycles. The highest BCUT2D eigenvalue weighted by molar-refractivity contribution is 6.01. The Labute approximate surface area is 64.3 Å². The van der Waals surface area contributed by atoms with Crippen molar-refractivity contribution in [2.24, 2.45) is 5.16 Å². The monoisotopic (exact) mass is 151 g/mol. The molecule has 0 spiro atoms. The molecule has 1 aromatic rings. The summed E-state index contributed by atoms with van der Waals surface area (Å²) in [4.78, 5) is 0. The van der Waals surface area contributed by atoms with E-state index in [-0.39, 0.29) is 0 Å². The van der Waals surface area contributed by atoms with Crippen molar-refractivity contribution < 1.29 is 9.62 Å². The SMILES string of the molecule is O/N=C1\CCCc2occc21. The summed E-state index contributed by atoms with van der Waals surface area (Å²) in [6, 6.07) is 1.85. The van der Waals surface area contributed by atoms with Crippen LogP contribution in [0.5, 0.6) is 0 Å². The largest absolute Gasteiger partial charge is 0.469 e. The topological polar surface area (TPSA) is 45.7 Å². The van der Waals surface area contributed by atoms with Crippen LogP contribution < -0.4 is 0 Å². The van der Waals surface area contributed by atoms with E-state index in [1.807, 2.05) is 6.07 Å². The highest BCUT2D eigenvalue weighted by Gasteiger charge is 2.17. The molecule has 0 radical (unpaired) electrons.